The summed E-state index contributed by atoms with van der Waals surface area (Å²) in [4.78, 5) is 12.6. The maximum Gasteiger partial charge on any atom is 0.271 e. The number of carbonyl (C=O) groups excluding carboxylic acids is 1. The summed E-state index contributed by atoms with van der Waals surface area (Å²) in [5.41, 5.74) is 1.86. The normalized spacial score (nSPS) is 16.1. The molecule has 132 valence electrons. The molecule has 0 bridgehead atoms. The van der Waals surface area contributed by atoms with Crippen LogP contribution in [0.2, 0.25) is 0 Å². The summed E-state index contributed by atoms with van der Waals surface area (Å²) in [6.45, 7) is 1.90. The molecule has 0 fully saturated rings. The number of nitrogens with zero attached hydrogens (tertiary/aromatic N) is 1. The van der Waals surface area contributed by atoms with Gasteiger partial charge in [-0.2, -0.15) is 0 Å². The van der Waals surface area contributed by atoms with Gasteiger partial charge in [-0.1, -0.05) is 17.7 Å². The predicted molar refractivity (Wildman–Crippen MR) is 93.7 cm³/mol. The summed E-state index contributed by atoms with van der Waals surface area (Å²) in [5.74, 6) is 0.286. The topological polar surface area (TPSA) is 72.9 Å². The smallest absolute Gasteiger partial charge is 0.271 e. The van der Waals surface area contributed by atoms with Gasteiger partial charge in [0.1, 0.15) is 0 Å². The molecule has 3 rings (SSSR count). The SMILES string of the molecule is COc1cc2c(cc1OC)S(=O)(=O)N(c1ccc(C)cc1)C(=O)CC2. The zero-order valence-corrected chi connectivity index (χ0v) is 15.1. The molecule has 6 nitrogen and oxygen atoms in total. The van der Waals surface area contributed by atoms with E-state index >= 15 is 0 Å². The van der Waals surface area contributed by atoms with E-state index in [1.807, 2.05) is 6.92 Å². The molecule has 7 heteroatoms. The summed E-state index contributed by atoms with van der Waals surface area (Å²) in [6.07, 6.45) is 0.408. The molecule has 1 aliphatic rings. The minimum atomic E-state index is -4.04. The number of rotatable bonds is 3. The fraction of sp³-hybridized carbons (Fsp3) is 0.278. The molecule has 1 amide bonds. The van der Waals surface area contributed by atoms with Crippen molar-refractivity contribution in [3.63, 3.8) is 0 Å². The Bertz CT molecular complexity index is 919. The van der Waals surface area contributed by atoms with E-state index in [0.29, 0.717) is 29.2 Å². The first-order chi connectivity index (χ1) is 11.9. The van der Waals surface area contributed by atoms with Crippen LogP contribution in [0.4, 0.5) is 5.69 Å². The van der Waals surface area contributed by atoms with E-state index in [4.69, 9.17) is 9.47 Å². The summed E-state index contributed by atoms with van der Waals surface area (Å²) in [7, 11) is -1.12. The molecule has 0 radical (unpaired) electrons. The van der Waals surface area contributed by atoms with E-state index in [1.54, 1.807) is 30.3 Å². The summed E-state index contributed by atoms with van der Waals surface area (Å²) in [5, 5.41) is 0. The Balaban J connectivity index is 2.21. The Kier molecular flexibility index (Phi) is 4.43. The van der Waals surface area contributed by atoms with Crippen LogP contribution in [0, 0.1) is 6.92 Å². The van der Waals surface area contributed by atoms with Gasteiger partial charge in [-0.25, -0.2) is 12.7 Å². The van der Waals surface area contributed by atoms with Crippen LogP contribution in [0.1, 0.15) is 17.5 Å². The van der Waals surface area contributed by atoms with Gasteiger partial charge in [0.15, 0.2) is 11.5 Å². The zero-order valence-electron chi connectivity index (χ0n) is 14.3. The second-order valence-corrected chi connectivity index (χ2v) is 7.57. The van der Waals surface area contributed by atoms with E-state index < -0.39 is 15.9 Å². The Morgan fingerprint density at radius 2 is 1.56 bits per heavy atom. The molecule has 1 heterocycles. The third kappa shape index (κ3) is 2.95. The monoisotopic (exact) mass is 361 g/mol. The molecule has 0 unspecified atom stereocenters. The van der Waals surface area contributed by atoms with E-state index in [0.717, 1.165) is 9.87 Å². The number of ether oxygens (including phenoxy) is 2. The van der Waals surface area contributed by atoms with Crippen LogP contribution in [-0.2, 0) is 21.2 Å². The first-order valence-electron chi connectivity index (χ1n) is 7.78. The van der Waals surface area contributed by atoms with E-state index in [-0.39, 0.29) is 11.3 Å². The van der Waals surface area contributed by atoms with Gasteiger partial charge in [0, 0.05) is 12.5 Å². The lowest BCUT2D eigenvalue weighted by atomic mass is 10.1. The van der Waals surface area contributed by atoms with Crippen molar-refractivity contribution >= 4 is 21.6 Å². The number of methoxy groups -OCH3 is 2. The van der Waals surface area contributed by atoms with E-state index in [9.17, 15) is 13.2 Å². The van der Waals surface area contributed by atoms with Gasteiger partial charge in [-0.3, -0.25) is 4.79 Å². The lowest BCUT2D eigenvalue weighted by Gasteiger charge is -2.21. The van der Waals surface area contributed by atoms with Crippen molar-refractivity contribution in [2.45, 2.75) is 24.7 Å². The highest BCUT2D eigenvalue weighted by molar-refractivity contribution is 7.93. The average molecular weight is 361 g/mol. The molecule has 0 saturated carbocycles. The number of benzene rings is 2. The maximum atomic E-state index is 13.2. The summed E-state index contributed by atoms with van der Waals surface area (Å²) in [6, 6.07) is 9.87. The Morgan fingerprint density at radius 1 is 0.960 bits per heavy atom. The fourth-order valence-electron chi connectivity index (χ4n) is 2.88. The minimum Gasteiger partial charge on any atom is -0.493 e. The molecule has 1 aliphatic heterocycles. The van der Waals surface area contributed by atoms with E-state index in [1.165, 1.54) is 20.3 Å². The van der Waals surface area contributed by atoms with Crippen LogP contribution in [-0.4, -0.2) is 28.5 Å². The van der Waals surface area contributed by atoms with Crippen LogP contribution in [0.5, 0.6) is 11.5 Å². The molecule has 0 saturated heterocycles. The second kappa shape index (κ2) is 6.40. The van der Waals surface area contributed by atoms with Crippen LogP contribution >= 0.6 is 0 Å². The summed E-state index contributed by atoms with van der Waals surface area (Å²) < 4.78 is 37.7. The predicted octanol–water partition coefficient (Wildman–Crippen LogP) is 2.68. The molecule has 0 N–H and O–H groups in total. The Labute approximate surface area is 147 Å². The summed E-state index contributed by atoms with van der Waals surface area (Å²) >= 11 is 0. The third-order valence-electron chi connectivity index (χ3n) is 4.19. The van der Waals surface area contributed by atoms with Crippen molar-refractivity contribution in [3.8, 4) is 11.5 Å². The van der Waals surface area contributed by atoms with Crippen molar-refractivity contribution in [1.29, 1.82) is 0 Å². The fourth-order valence-corrected chi connectivity index (χ4v) is 4.58. The molecule has 25 heavy (non-hydrogen) atoms. The van der Waals surface area contributed by atoms with Gasteiger partial charge in [-0.05, 0) is 37.1 Å². The first kappa shape index (κ1) is 17.3. The highest BCUT2D eigenvalue weighted by Gasteiger charge is 2.36. The lowest BCUT2D eigenvalue weighted by Crippen LogP contribution is -2.35. The highest BCUT2D eigenvalue weighted by atomic mass is 32.2. The maximum absolute atomic E-state index is 13.2. The number of hydrogen-bond acceptors (Lipinski definition) is 5. The van der Waals surface area contributed by atoms with Crippen molar-refractivity contribution in [2.24, 2.45) is 0 Å². The number of fused-ring (bicyclic) bond motifs is 1. The van der Waals surface area contributed by atoms with Gasteiger partial charge < -0.3 is 9.47 Å². The molecular weight excluding hydrogens is 342 g/mol. The molecular formula is C18H19NO5S. The van der Waals surface area contributed by atoms with Crippen LogP contribution in [0.3, 0.4) is 0 Å². The average Bonchev–Trinajstić information content (AvgIpc) is 2.69. The van der Waals surface area contributed by atoms with Crippen LogP contribution in [0.25, 0.3) is 0 Å². The molecule has 0 aromatic heterocycles. The number of carbonyl (C=O) groups is 1. The van der Waals surface area contributed by atoms with Crippen molar-refractivity contribution in [1.82, 2.24) is 0 Å². The zero-order chi connectivity index (χ0) is 18.2. The van der Waals surface area contributed by atoms with Gasteiger partial charge >= 0.3 is 0 Å². The van der Waals surface area contributed by atoms with Gasteiger partial charge in [-0.15, -0.1) is 0 Å². The van der Waals surface area contributed by atoms with Crippen molar-refractivity contribution < 1.29 is 22.7 Å². The van der Waals surface area contributed by atoms with Gasteiger partial charge in [0.2, 0.25) is 5.91 Å². The number of aryl methyl sites for hydroxylation is 2. The standard InChI is InChI=1S/C18H19NO5S/c1-12-4-7-14(8-5-12)19-18(20)9-6-13-10-15(23-2)16(24-3)11-17(13)25(19,21)22/h4-5,7-8,10-11H,6,9H2,1-3H3. The highest BCUT2D eigenvalue weighted by Crippen LogP contribution is 2.37. The Morgan fingerprint density at radius 3 is 2.16 bits per heavy atom. The lowest BCUT2D eigenvalue weighted by molar-refractivity contribution is -0.117. The number of hydrogen-bond donors (Lipinski definition) is 0. The molecule has 0 atom stereocenters. The van der Waals surface area contributed by atoms with Crippen LogP contribution in [0.15, 0.2) is 41.3 Å². The van der Waals surface area contributed by atoms with Crippen LogP contribution < -0.4 is 13.8 Å². The molecule has 0 aliphatic carbocycles. The number of amides is 1. The molecule has 0 spiro atoms. The van der Waals surface area contributed by atoms with Crippen molar-refractivity contribution in [3.05, 3.63) is 47.5 Å². The number of sulfonamides is 1. The van der Waals surface area contributed by atoms with Gasteiger partial charge in [0.05, 0.1) is 24.8 Å². The second-order valence-electron chi connectivity index (χ2n) is 5.81. The van der Waals surface area contributed by atoms with Gasteiger partial charge in [0.25, 0.3) is 10.0 Å². The quantitative estimate of drug-likeness (QED) is 0.840. The largest absolute Gasteiger partial charge is 0.493 e. The first-order valence-corrected chi connectivity index (χ1v) is 9.22. The van der Waals surface area contributed by atoms with E-state index in [2.05, 4.69) is 0 Å². The Hall–Kier alpha value is -2.54. The number of anilines is 1. The minimum absolute atomic E-state index is 0.0663. The molecule has 2 aromatic carbocycles. The van der Waals surface area contributed by atoms with Crippen molar-refractivity contribution in [2.75, 3.05) is 18.5 Å². The third-order valence-corrected chi connectivity index (χ3v) is 6.02. The molecule has 2 aromatic rings.